The molecule has 25 heavy (non-hydrogen) atoms. The molecule has 0 radical (unpaired) electrons. The van der Waals surface area contributed by atoms with Crippen molar-refractivity contribution in [2.75, 3.05) is 18.4 Å². The highest BCUT2D eigenvalue weighted by molar-refractivity contribution is 7.89. The van der Waals surface area contributed by atoms with Crippen LogP contribution in [0.15, 0.2) is 23.1 Å². The van der Waals surface area contributed by atoms with E-state index in [1.807, 2.05) is 13.8 Å². The Hall–Kier alpha value is -1.22. The monoisotopic (exact) mass is 403 g/mol. The number of benzene rings is 1. The van der Waals surface area contributed by atoms with E-state index in [0.29, 0.717) is 28.4 Å². The number of nitrogens with zero attached hydrogens (tertiary/aromatic N) is 2. The number of thiazole rings is 1. The van der Waals surface area contributed by atoms with E-state index in [-0.39, 0.29) is 10.8 Å². The molecule has 1 aromatic carbocycles. The second-order valence-corrected chi connectivity index (χ2v) is 9.28. The Bertz CT molecular complexity index is 843. The zero-order chi connectivity index (χ0) is 18.6. The molecule has 0 aliphatic heterocycles. The van der Waals surface area contributed by atoms with Crippen LogP contribution in [0.4, 0.5) is 5.13 Å². The lowest BCUT2D eigenvalue weighted by Gasteiger charge is -2.20. The summed E-state index contributed by atoms with van der Waals surface area (Å²) in [6.45, 7) is 6.47. The minimum absolute atomic E-state index is 0.245. The van der Waals surface area contributed by atoms with Crippen molar-refractivity contribution >= 4 is 54.2 Å². The third kappa shape index (κ3) is 4.69. The molecule has 0 aliphatic rings. The van der Waals surface area contributed by atoms with E-state index < -0.39 is 15.4 Å². The first kappa shape index (κ1) is 20.1. The topological polar surface area (TPSA) is 79.4 Å². The molecule has 2 rings (SSSR count). The van der Waals surface area contributed by atoms with Crippen molar-refractivity contribution in [3.8, 4) is 0 Å². The fraction of sp³-hybridized carbons (Fsp3) is 0.500. The van der Waals surface area contributed by atoms with Crippen LogP contribution < -0.4 is 5.32 Å². The fourth-order valence-electron chi connectivity index (χ4n) is 2.32. The van der Waals surface area contributed by atoms with Gasteiger partial charge < -0.3 is 5.32 Å². The van der Waals surface area contributed by atoms with Crippen LogP contribution in [0.2, 0.25) is 0 Å². The number of halogens is 1. The van der Waals surface area contributed by atoms with Gasteiger partial charge in [0.15, 0.2) is 5.13 Å². The van der Waals surface area contributed by atoms with Crippen molar-refractivity contribution in [3.05, 3.63) is 18.2 Å². The number of carbonyl (C=O) groups is 1. The molecule has 1 aromatic heterocycles. The molecule has 1 atom stereocenters. The van der Waals surface area contributed by atoms with Gasteiger partial charge in [0.2, 0.25) is 15.9 Å². The number of rotatable bonds is 8. The average molecular weight is 404 g/mol. The third-order valence-electron chi connectivity index (χ3n) is 3.54. The number of hydrogen-bond donors (Lipinski definition) is 1. The van der Waals surface area contributed by atoms with E-state index in [1.165, 1.54) is 15.6 Å². The maximum atomic E-state index is 12.9. The van der Waals surface area contributed by atoms with Crippen molar-refractivity contribution in [1.82, 2.24) is 9.29 Å². The van der Waals surface area contributed by atoms with Crippen LogP contribution >= 0.6 is 22.9 Å². The Morgan fingerprint density at radius 3 is 2.52 bits per heavy atom. The molecule has 1 unspecified atom stereocenters. The van der Waals surface area contributed by atoms with Crippen LogP contribution in [-0.2, 0) is 14.8 Å². The molecule has 1 amide bonds. The maximum absolute atomic E-state index is 12.9. The summed E-state index contributed by atoms with van der Waals surface area (Å²) in [5, 5.41) is 2.37. The summed E-state index contributed by atoms with van der Waals surface area (Å²) < 4.78 is 27.9. The van der Waals surface area contributed by atoms with E-state index >= 15 is 0 Å². The summed E-state index contributed by atoms with van der Waals surface area (Å²) in [5.41, 5.74) is 0.638. The number of hydrogen-bond acceptors (Lipinski definition) is 5. The number of anilines is 1. The van der Waals surface area contributed by atoms with Crippen LogP contribution in [0.1, 0.15) is 33.6 Å². The van der Waals surface area contributed by atoms with Gasteiger partial charge in [-0.2, -0.15) is 4.31 Å². The largest absolute Gasteiger partial charge is 0.301 e. The van der Waals surface area contributed by atoms with Gasteiger partial charge in [0.25, 0.3) is 0 Å². The van der Waals surface area contributed by atoms with Gasteiger partial charge in [0, 0.05) is 13.1 Å². The third-order valence-corrected chi connectivity index (χ3v) is 6.56. The van der Waals surface area contributed by atoms with Crippen molar-refractivity contribution in [3.63, 3.8) is 0 Å². The standard InChI is InChI=1S/C16H22ClN3O3S2/c1-4-8-20(9-5-2)25(22,23)12-6-7-13-14(10-12)24-16(18-13)19-15(21)11(3)17/h6-7,10-11H,4-5,8-9H2,1-3H3,(H,18,19,21). The summed E-state index contributed by atoms with van der Waals surface area (Å²) in [4.78, 5) is 16.2. The summed E-state index contributed by atoms with van der Waals surface area (Å²) in [6, 6.07) is 4.83. The molecule has 1 heterocycles. The first-order chi connectivity index (χ1) is 11.8. The van der Waals surface area contributed by atoms with Gasteiger partial charge in [-0.15, -0.1) is 11.6 Å². The smallest absolute Gasteiger partial charge is 0.243 e. The van der Waals surface area contributed by atoms with Crippen LogP contribution in [0.3, 0.4) is 0 Å². The molecule has 0 fully saturated rings. The number of fused-ring (bicyclic) bond motifs is 1. The van der Waals surface area contributed by atoms with Crippen LogP contribution in [0.25, 0.3) is 10.2 Å². The van der Waals surface area contributed by atoms with Crippen LogP contribution in [0, 0.1) is 0 Å². The van der Waals surface area contributed by atoms with Crippen molar-refractivity contribution < 1.29 is 13.2 Å². The first-order valence-electron chi connectivity index (χ1n) is 8.15. The Morgan fingerprint density at radius 2 is 1.96 bits per heavy atom. The second kappa shape index (κ2) is 8.44. The molecule has 6 nitrogen and oxygen atoms in total. The molecular formula is C16H22ClN3O3S2. The molecule has 1 N–H and O–H groups in total. The Morgan fingerprint density at radius 1 is 1.32 bits per heavy atom. The number of sulfonamides is 1. The highest BCUT2D eigenvalue weighted by Gasteiger charge is 2.24. The first-order valence-corrected chi connectivity index (χ1v) is 10.8. The van der Waals surface area contributed by atoms with Gasteiger partial charge in [-0.25, -0.2) is 13.4 Å². The summed E-state index contributed by atoms with van der Waals surface area (Å²) in [5.74, 6) is -0.342. The van der Waals surface area contributed by atoms with Crippen molar-refractivity contribution in [1.29, 1.82) is 0 Å². The lowest BCUT2D eigenvalue weighted by molar-refractivity contribution is -0.115. The molecule has 9 heteroatoms. The number of aromatic nitrogens is 1. The van der Waals surface area contributed by atoms with Gasteiger partial charge in [0.1, 0.15) is 5.38 Å². The zero-order valence-corrected chi connectivity index (χ0v) is 16.8. The molecule has 0 saturated carbocycles. The molecule has 2 aromatic rings. The number of nitrogens with one attached hydrogen (secondary N) is 1. The van der Waals surface area contributed by atoms with Crippen LogP contribution in [-0.4, -0.2) is 42.1 Å². The average Bonchev–Trinajstić information content (AvgIpc) is 2.95. The molecule has 0 bridgehead atoms. The van der Waals surface area contributed by atoms with Gasteiger partial charge in [-0.1, -0.05) is 25.2 Å². The summed E-state index contributed by atoms with van der Waals surface area (Å²) >= 11 is 6.96. The molecular weight excluding hydrogens is 382 g/mol. The summed E-state index contributed by atoms with van der Waals surface area (Å²) in [7, 11) is -3.54. The Balaban J connectivity index is 2.35. The van der Waals surface area contributed by atoms with E-state index in [4.69, 9.17) is 11.6 Å². The molecule has 0 saturated heterocycles. The summed E-state index contributed by atoms with van der Waals surface area (Å²) in [6.07, 6.45) is 1.52. The van der Waals surface area contributed by atoms with E-state index in [2.05, 4.69) is 10.3 Å². The minimum Gasteiger partial charge on any atom is -0.301 e. The molecule has 138 valence electrons. The van der Waals surface area contributed by atoms with E-state index in [0.717, 1.165) is 12.8 Å². The minimum atomic E-state index is -3.54. The predicted molar refractivity (Wildman–Crippen MR) is 103 cm³/mol. The second-order valence-electron chi connectivity index (χ2n) is 5.66. The normalized spacial score (nSPS) is 13.3. The number of alkyl halides is 1. The lowest BCUT2D eigenvalue weighted by Crippen LogP contribution is -2.32. The number of amides is 1. The Labute approximate surface area is 157 Å². The fourth-order valence-corrected chi connectivity index (χ4v) is 5.01. The van der Waals surface area contributed by atoms with Gasteiger partial charge >= 0.3 is 0 Å². The highest BCUT2D eigenvalue weighted by atomic mass is 35.5. The van der Waals surface area contributed by atoms with E-state index in [9.17, 15) is 13.2 Å². The van der Waals surface area contributed by atoms with Crippen molar-refractivity contribution in [2.45, 2.75) is 43.9 Å². The molecule has 0 spiro atoms. The lowest BCUT2D eigenvalue weighted by atomic mass is 10.3. The van der Waals surface area contributed by atoms with Gasteiger partial charge in [-0.05, 0) is 38.0 Å². The van der Waals surface area contributed by atoms with Crippen molar-refractivity contribution in [2.24, 2.45) is 0 Å². The quantitative estimate of drug-likeness (QED) is 0.682. The van der Waals surface area contributed by atoms with Gasteiger partial charge in [-0.3, -0.25) is 4.79 Å². The van der Waals surface area contributed by atoms with Crippen LogP contribution in [0.5, 0.6) is 0 Å². The molecule has 0 aliphatic carbocycles. The maximum Gasteiger partial charge on any atom is 0.243 e. The number of carbonyl (C=O) groups excluding carboxylic acids is 1. The van der Waals surface area contributed by atoms with Gasteiger partial charge in [0.05, 0.1) is 15.1 Å². The van der Waals surface area contributed by atoms with E-state index in [1.54, 1.807) is 25.1 Å². The SMILES string of the molecule is CCCN(CCC)S(=O)(=O)c1ccc2nc(NC(=O)C(C)Cl)sc2c1. The Kier molecular flexibility index (Phi) is 6.79. The zero-order valence-electron chi connectivity index (χ0n) is 14.5. The predicted octanol–water partition coefficient (Wildman–Crippen LogP) is 3.67. The highest BCUT2D eigenvalue weighted by Crippen LogP contribution is 2.29.